The third kappa shape index (κ3) is 4.20. The molecular formula is C26H38N2O3S. The third-order valence-corrected chi connectivity index (χ3v) is 10.1. The number of carbonyl (C=O) groups is 1. The first-order chi connectivity index (χ1) is 15.2. The van der Waals surface area contributed by atoms with Crippen molar-refractivity contribution < 1.29 is 13.2 Å². The maximum absolute atomic E-state index is 13.0. The van der Waals surface area contributed by atoms with E-state index in [1.54, 1.807) is 4.90 Å². The summed E-state index contributed by atoms with van der Waals surface area (Å²) in [5, 5.41) is 0. The Labute approximate surface area is 193 Å². The molecule has 5 fully saturated rings. The van der Waals surface area contributed by atoms with E-state index < -0.39 is 10.0 Å². The highest BCUT2D eigenvalue weighted by atomic mass is 32.2. The predicted octanol–water partition coefficient (Wildman–Crippen LogP) is 4.71. The minimum atomic E-state index is -3.55. The van der Waals surface area contributed by atoms with Crippen molar-refractivity contribution >= 4 is 21.6 Å². The number of likely N-dealkylation sites (N-methyl/N-ethyl adjacent to an activating group) is 1. The van der Waals surface area contributed by atoms with Crippen LogP contribution in [0.5, 0.6) is 0 Å². The summed E-state index contributed by atoms with van der Waals surface area (Å²) in [6.45, 7) is -0.122. The van der Waals surface area contributed by atoms with E-state index in [0.717, 1.165) is 43.4 Å². The Balaban J connectivity index is 1.34. The minimum Gasteiger partial charge on any atom is -0.341 e. The van der Waals surface area contributed by atoms with Gasteiger partial charge in [0.2, 0.25) is 15.9 Å². The topological polar surface area (TPSA) is 57.7 Å². The van der Waals surface area contributed by atoms with Crippen molar-refractivity contribution in [1.29, 1.82) is 0 Å². The molecule has 0 spiro atoms. The zero-order chi connectivity index (χ0) is 22.5. The first kappa shape index (κ1) is 22.2. The van der Waals surface area contributed by atoms with Crippen molar-refractivity contribution in [2.75, 3.05) is 24.2 Å². The van der Waals surface area contributed by atoms with E-state index in [0.29, 0.717) is 11.1 Å². The largest absolute Gasteiger partial charge is 0.341 e. The van der Waals surface area contributed by atoms with Crippen LogP contribution < -0.4 is 4.31 Å². The van der Waals surface area contributed by atoms with Crippen LogP contribution in [-0.2, 0) is 20.2 Å². The van der Waals surface area contributed by atoms with E-state index >= 15 is 0 Å². The maximum atomic E-state index is 13.0. The lowest BCUT2D eigenvalue weighted by atomic mass is 9.48. The summed E-state index contributed by atoms with van der Waals surface area (Å²) >= 11 is 0. The molecule has 0 heterocycles. The number of rotatable bonds is 6. The highest BCUT2D eigenvalue weighted by Gasteiger charge is 2.51. The van der Waals surface area contributed by atoms with Gasteiger partial charge in [-0.1, -0.05) is 31.4 Å². The van der Waals surface area contributed by atoms with Gasteiger partial charge in [0.1, 0.15) is 6.54 Å². The van der Waals surface area contributed by atoms with Crippen LogP contribution in [0.2, 0.25) is 0 Å². The van der Waals surface area contributed by atoms with Gasteiger partial charge < -0.3 is 4.90 Å². The van der Waals surface area contributed by atoms with Gasteiger partial charge in [0.25, 0.3) is 0 Å². The van der Waals surface area contributed by atoms with E-state index in [-0.39, 0.29) is 18.5 Å². The number of hydrogen-bond donors (Lipinski definition) is 0. The average molecular weight is 459 g/mol. The molecule has 1 amide bonds. The summed E-state index contributed by atoms with van der Waals surface area (Å²) < 4.78 is 26.5. The van der Waals surface area contributed by atoms with Gasteiger partial charge in [-0.25, -0.2) is 8.42 Å². The highest BCUT2D eigenvalue weighted by molar-refractivity contribution is 7.92. The van der Waals surface area contributed by atoms with Gasteiger partial charge in [-0.15, -0.1) is 0 Å². The summed E-state index contributed by atoms with van der Waals surface area (Å²) in [6.07, 6.45) is 14.9. The predicted molar refractivity (Wildman–Crippen MR) is 128 cm³/mol. The van der Waals surface area contributed by atoms with Gasteiger partial charge in [0.15, 0.2) is 0 Å². The van der Waals surface area contributed by atoms with E-state index in [4.69, 9.17) is 0 Å². The van der Waals surface area contributed by atoms with Gasteiger partial charge >= 0.3 is 0 Å². The monoisotopic (exact) mass is 458 g/mol. The molecule has 5 nitrogen and oxygen atoms in total. The van der Waals surface area contributed by atoms with Crippen LogP contribution in [0, 0.1) is 17.8 Å². The second kappa shape index (κ2) is 8.34. The van der Waals surface area contributed by atoms with Gasteiger partial charge in [-0.2, -0.15) is 0 Å². The molecule has 0 N–H and O–H groups in total. The van der Waals surface area contributed by atoms with Crippen LogP contribution in [0.25, 0.3) is 0 Å². The fraction of sp³-hybridized carbons (Fsp3) is 0.731. The maximum Gasteiger partial charge on any atom is 0.243 e. The van der Waals surface area contributed by atoms with Crippen molar-refractivity contribution in [2.45, 2.75) is 82.1 Å². The SMILES string of the molecule is CN(C(=O)CN(c1ccc(C23CC4CC(CC(C4)C2)C3)cc1)S(C)(=O)=O)C1CCCCC1. The molecule has 32 heavy (non-hydrogen) atoms. The number of anilines is 1. The van der Waals surface area contributed by atoms with Gasteiger partial charge in [-0.05, 0) is 92.2 Å². The smallest absolute Gasteiger partial charge is 0.243 e. The Bertz CT molecular complexity index is 915. The number of benzene rings is 1. The zero-order valence-corrected chi connectivity index (χ0v) is 20.4. The second-order valence-corrected chi connectivity index (χ2v) is 13.2. The number of carbonyl (C=O) groups excluding carboxylic acids is 1. The standard InChI is InChI=1S/C26H38N2O3S/c1-27(23-6-4-3-5-7-23)25(29)18-28(32(2,30)31)24-10-8-22(9-11-24)26-15-19-12-20(16-26)14-21(13-19)17-26/h8-11,19-21,23H,3-7,12-18H2,1-2H3. The number of amides is 1. The molecule has 0 atom stereocenters. The minimum absolute atomic E-state index is 0.118. The quantitative estimate of drug-likeness (QED) is 0.620. The Morgan fingerprint density at radius 1 is 0.938 bits per heavy atom. The molecule has 6 heteroatoms. The summed E-state index contributed by atoms with van der Waals surface area (Å²) in [5.41, 5.74) is 2.27. The summed E-state index contributed by atoms with van der Waals surface area (Å²) in [6, 6.07) is 8.40. The Morgan fingerprint density at radius 2 is 1.47 bits per heavy atom. The fourth-order valence-electron chi connectivity index (χ4n) is 7.75. The fourth-order valence-corrected chi connectivity index (χ4v) is 8.60. The van der Waals surface area contributed by atoms with E-state index in [1.165, 1.54) is 61.1 Å². The first-order valence-corrected chi connectivity index (χ1v) is 14.4. The van der Waals surface area contributed by atoms with Crippen LogP contribution in [0.3, 0.4) is 0 Å². The van der Waals surface area contributed by atoms with Crippen LogP contribution in [0.15, 0.2) is 24.3 Å². The molecule has 6 rings (SSSR count). The highest BCUT2D eigenvalue weighted by Crippen LogP contribution is 2.60. The van der Waals surface area contributed by atoms with Crippen LogP contribution in [0.1, 0.15) is 76.2 Å². The molecule has 5 aliphatic rings. The van der Waals surface area contributed by atoms with Crippen LogP contribution in [0.4, 0.5) is 5.69 Å². The number of sulfonamides is 1. The molecule has 0 unspecified atom stereocenters. The normalized spacial score (nSPS) is 32.1. The molecule has 176 valence electrons. The summed E-state index contributed by atoms with van der Waals surface area (Å²) in [7, 11) is -1.72. The first-order valence-electron chi connectivity index (χ1n) is 12.6. The lowest BCUT2D eigenvalue weighted by Gasteiger charge is -2.57. The van der Waals surface area contributed by atoms with Crippen molar-refractivity contribution in [3.8, 4) is 0 Å². The molecule has 1 aromatic rings. The zero-order valence-electron chi connectivity index (χ0n) is 19.6. The van der Waals surface area contributed by atoms with Crippen molar-refractivity contribution in [2.24, 2.45) is 17.8 Å². The van der Waals surface area contributed by atoms with Crippen LogP contribution in [-0.4, -0.2) is 45.1 Å². The van der Waals surface area contributed by atoms with E-state index in [1.807, 2.05) is 19.2 Å². The lowest BCUT2D eigenvalue weighted by molar-refractivity contribution is -0.130. The molecule has 1 aromatic carbocycles. The Hall–Kier alpha value is -1.56. The molecule has 0 aliphatic heterocycles. The Kier molecular flexibility index (Phi) is 5.80. The number of hydrogen-bond acceptors (Lipinski definition) is 3. The molecule has 5 saturated carbocycles. The van der Waals surface area contributed by atoms with Crippen LogP contribution >= 0.6 is 0 Å². The van der Waals surface area contributed by atoms with Gasteiger partial charge in [0.05, 0.1) is 11.9 Å². The van der Waals surface area contributed by atoms with Crippen molar-refractivity contribution in [3.05, 3.63) is 29.8 Å². The van der Waals surface area contributed by atoms with E-state index in [9.17, 15) is 13.2 Å². The van der Waals surface area contributed by atoms with Gasteiger partial charge in [-0.3, -0.25) is 9.10 Å². The van der Waals surface area contributed by atoms with Crippen molar-refractivity contribution in [3.63, 3.8) is 0 Å². The summed E-state index contributed by atoms with van der Waals surface area (Å²) in [5.74, 6) is 2.51. The molecular weight excluding hydrogens is 420 g/mol. The molecule has 0 radical (unpaired) electrons. The molecule has 0 aromatic heterocycles. The molecule has 0 saturated heterocycles. The number of nitrogens with zero attached hydrogens (tertiary/aromatic N) is 2. The molecule has 4 bridgehead atoms. The summed E-state index contributed by atoms with van der Waals surface area (Å²) in [4.78, 5) is 14.8. The average Bonchev–Trinajstić information content (AvgIpc) is 2.76. The Morgan fingerprint density at radius 3 is 1.97 bits per heavy atom. The van der Waals surface area contributed by atoms with Crippen molar-refractivity contribution in [1.82, 2.24) is 4.90 Å². The molecule has 5 aliphatic carbocycles. The second-order valence-electron chi connectivity index (χ2n) is 11.3. The third-order valence-electron chi connectivity index (χ3n) is 9.00. The van der Waals surface area contributed by atoms with E-state index in [2.05, 4.69) is 12.1 Å². The van der Waals surface area contributed by atoms with Gasteiger partial charge in [0, 0.05) is 13.1 Å². The lowest BCUT2D eigenvalue weighted by Crippen LogP contribution is -2.48.